The van der Waals surface area contributed by atoms with Gasteiger partial charge in [-0.3, -0.25) is 0 Å². The molecule has 0 heterocycles. The summed E-state index contributed by atoms with van der Waals surface area (Å²) < 4.78 is 0. The van der Waals surface area contributed by atoms with E-state index in [-0.39, 0.29) is 17.9 Å². The monoisotopic (exact) mass is 352 g/mol. The maximum atomic E-state index is 10.8. The van der Waals surface area contributed by atoms with Crippen molar-refractivity contribution >= 4 is 5.97 Å². The van der Waals surface area contributed by atoms with Gasteiger partial charge >= 0.3 is 5.97 Å². The fourth-order valence-corrected chi connectivity index (χ4v) is 5.41. The smallest absolute Gasteiger partial charge is 0.328 e. The average molecular weight is 352 g/mol. The minimum absolute atomic E-state index is 0.157. The highest BCUT2D eigenvalue weighted by Gasteiger charge is 2.58. The molecule has 25 heavy (non-hydrogen) atoms. The summed E-state index contributed by atoms with van der Waals surface area (Å²) in [4.78, 5) is 10.8. The molecule has 0 bridgehead atoms. The largest absolute Gasteiger partial charge is 0.478 e. The lowest BCUT2D eigenvalue weighted by Gasteiger charge is -2.59. The van der Waals surface area contributed by atoms with Crippen LogP contribution >= 0.6 is 0 Å². The van der Waals surface area contributed by atoms with Gasteiger partial charge in [0, 0.05) is 17.4 Å². The lowest BCUT2D eigenvalue weighted by Crippen LogP contribution is -2.59. The highest BCUT2D eigenvalue weighted by molar-refractivity contribution is 5.80. The van der Waals surface area contributed by atoms with Crippen molar-refractivity contribution in [2.24, 2.45) is 16.7 Å². The average Bonchev–Trinajstić information content (AvgIpc) is 2.49. The number of hydrogen-bond donors (Lipinski definition) is 4. The normalized spacial score (nSPS) is 39.3. The molecule has 1 saturated carbocycles. The van der Waals surface area contributed by atoms with Gasteiger partial charge in [0.05, 0.1) is 18.8 Å². The number of hydrogen-bond acceptors (Lipinski definition) is 4. The van der Waals surface area contributed by atoms with Crippen molar-refractivity contribution in [1.29, 1.82) is 0 Å². The maximum Gasteiger partial charge on any atom is 0.328 e. The van der Waals surface area contributed by atoms with E-state index in [0.29, 0.717) is 19.3 Å². The summed E-state index contributed by atoms with van der Waals surface area (Å²) >= 11 is 0. The Morgan fingerprint density at radius 3 is 2.52 bits per heavy atom. The predicted octanol–water partition coefficient (Wildman–Crippen LogP) is 2.65. The van der Waals surface area contributed by atoms with Crippen molar-refractivity contribution in [3.8, 4) is 0 Å². The molecule has 5 atom stereocenters. The third-order valence-electron chi connectivity index (χ3n) is 6.68. The topological polar surface area (TPSA) is 98.0 Å². The zero-order valence-corrected chi connectivity index (χ0v) is 15.7. The van der Waals surface area contributed by atoms with Crippen molar-refractivity contribution in [3.63, 3.8) is 0 Å². The summed E-state index contributed by atoms with van der Waals surface area (Å²) in [6.07, 6.45) is 3.34. The van der Waals surface area contributed by atoms with E-state index in [1.165, 1.54) is 11.6 Å². The first kappa shape index (κ1) is 20.1. The van der Waals surface area contributed by atoms with Crippen molar-refractivity contribution in [3.05, 3.63) is 22.8 Å². The van der Waals surface area contributed by atoms with E-state index >= 15 is 0 Å². The number of rotatable bonds is 5. The molecule has 0 aromatic rings. The molecule has 0 spiro atoms. The Kier molecular flexibility index (Phi) is 5.81. The van der Waals surface area contributed by atoms with Gasteiger partial charge in [-0.1, -0.05) is 30.6 Å². The number of allylic oxidation sites excluding steroid dienone is 2. The maximum absolute atomic E-state index is 10.8. The van der Waals surface area contributed by atoms with Gasteiger partial charge in [-0.05, 0) is 51.4 Å². The molecule has 0 aliphatic heterocycles. The minimum atomic E-state index is -0.931. The molecule has 0 saturated heterocycles. The summed E-state index contributed by atoms with van der Waals surface area (Å²) in [5.41, 5.74) is 2.21. The molecular weight excluding hydrogens is 320 g/mol. The zero-order chi connectivity index (χ0) is 19.0. The van der Waals surface area contributed by atoms with Crippen molar-refractivity contribution < 1.29 is 25.2 Å². The second kappa shape index (κ2) is 7.22. The van der Waals surface area contributed by atoms with Crippen LogP contribution in [0.2, 0.25) is 0 Å². The molecule has 5 heteroatoms. The van der Waals surface area contributed by atoms with Crippen LogP contribution in [0.15, 0.2) is 22.8 Å². The Bertz CT molecular complexity index is 593. The molecule has 142 valence electrons. The van der Waals surface area contributed by atoms with Crippen LogP contribution in [-0.4, -0.2) is 45.2 Å². The molecule has 0 unspecified atom stereocenters. The first-order chi connectivity index (χ1) is 11.6. The van der Waals surface area contributed by atoms with Crippen LogP contribution in [0, 0.1) is 16.7 Å². The van der Waals surface area contributed by atoms with Crippen LogP contribution in [0.3, 0.4) is 0 Å². The number of aliphatic hydroxyl groups is 3. The van der Waals surface area contributed by atoms with Gasteiger partial charge in [0.15, 0.2) is 0 Å². The Morgan fingerprint density at radius 1 is 1.32 bits per heavy atom. The fraction of sp³-hybridized carbons (Fsp3) is 0.750. The van der Waals surface area contributed by atoms with Crippen LogP contribution in [-0.2, 0) is 4.79 Å². The third-order valence-corrected chi connectivity index (χ3v) is 6.68. The Hall–Kier alpha value is -1.17. The van der Waals surface area contributed by atoms with Gasteiger partial charge in [0.25, 0.3) is 0 Å². The Balaban J connectivity index is 2.37. The molecule has 1 fully saturated rings. The van der Waals surface area contributed by atoms with E-state index in [4.69, 9.17) is 5.11 Å². The SMILES string of the molecule is CC1=C(CC/C(C)=C/C(=O)O)[C@@]2(C)CC[C@@H](O)[C@](C)(CO)[C@@H]2[C@H](O)C1. The van der Waals surface area contributed by atoms with Gasteiger partial charge < -0.3 is 20.4 Å². The van der Waals surface area contributed by atoms with E-state index in [0.717, 1.165) is 24.0 Å². The van der Waals surface area contributed by atoms with Crippen molar-refractivity contribution in [2.75, 3.05) is 6.61 Å². The molecule has 2 aliphatic carbocycles. The van der Waals surface area contributed by atoms with E-state index in [1.54, 1.807) is 0 Å². The van der Waals surface area contributed by atoms with E-state index in [1.807, 2.05) is 20.8 Å². The summed E-state index contributed by atoms with van der Waals surface area (Å²) in [6.45, 7) is 7.71. The van der Waals surface area contributed by atoms with Crippen LogP contribution < -0.4 is 0 Å². The summed E-state index contributed by atoms with van der Waals surface area (Å²) in [5, 5.41) is 40.2. The number of fused-ring (bicyclic) bond motifs is 1. The van der Waals surface area contributed by atoms with Crippen LogP contribution in [0.25, 0.3) is 0 Å². The minimum Gasteiger partial charge on any atom is -0.478 e. The number of aliphatic carboxylic acids is 1. The van der Waals surface area contributed by atoms with E-state index < -0.39 is 23.6 Å². The molecule has 0 amide bonds. The molecule has 0 aromatic heterocycles. The number of carboxylic acid groups (broad SMARTS) is 1. The first-order valence-corrected chi connectivity index (χ1v) is 9.12. The predicted molar refractivity (Wildman–Crippen MR) is 96.0 cm³/mol. The summed E-state index contributed by atoms with van der Waals surface area (Å²) in [6, 6.07) is 0. The van der Waals surface area contributed by atoms with Crippen LogP contribution in [0.4, 0.5) is 0 Å². The van der Waals surface area contributed by atoms with Gasteiger partial charge in [0.1, 0.15) is 0 Å². The molecule has 0 radical (unpaired) electrons. The molecule has 2 rings (SSSR count). The second-order valence-corrected chi connectivity index (χ2v) is 8.47. The van der Waals surface area contributed by atoms with Crippen LogP contribution in [0.1, 0.15) is 59.8 Å². The standard InChI is InChI=1S/C20H32O5/c1-12(9-17(24)25)5-6-14-13(2)10-15(22)18-19(14,3)8-7-16(23)20(18,4)11-21/h9,15-16,18,21-23H,5-8,10-11H2,1-4H3,(H,24,25)/b12-9+/t15-,16-,18-,19-,20+/m1/s1. The molecule has 2 aliphatic rings. The van der Waals surface area contributed by atoms with Gasteiger partial charge in [-0.2, -0.15) is 0 Å². The highest BCUT2D eigenvalue weighted by Crippen LogP contribution is 2.60. The molecule has 0 aromatic carbocycles. The summed E-state index contributed by atoms with van der Waals surface area (Å²) in [7, 11) is 0. The van der Waals surface area contributed by atoms with Crippen molar-refractivity contribution in [2.45, 2.75) is 72.0 Å². The quantitative estimate of drug-likeness (QED) is 0.450. The Labute approximate surface area is 150 Å². The lowest BCUT2D eigenvalue weighted by molar-refractivity contribution is -0.160. The van der Waals surface area contributed by atoms with Gasteiger partial charge in [0.2, 0.25) is 0 Å². The highest BCUT2D eigenvalue weighted by atomic mass is 16.4. The first-order valence-electron chi connectivity index (χ1n) is 9.12. The fourth-order valence-electron chi connectivity index (χ4n) is 5.41. The number of carboxylic acids is 1. The molecular formula is C20H32O5. The van der Waals surface area contributed by atoms with E-state index in [2.05, 4.69) is 6.92 Å². The zero-order valence-electron chi connectivity index (χ0n) is 15.7. The van der Waals surface area contributed by atoms with Gasteiger partial charge in [-0.25, -0.2) is 4.79 Å². The van der Waals surface area contributed by atoms with Crippen LogP contribution in [0.5, 0.6) is 0 Å². The second-order valence-electron chi connectivity index (χ2n) is 8.47. The number of aliphatic hydroxyl groups excluding tert-OH is 3. The lowest BCUT2D eigenvalue weighted by atomic mass is 9.47. The van der Waals surface area contributed by atoms with Gasteiger partial charge in [-0.15, -0.1) is 0 Å². The molecule has 4 N–H and O–H groups in total. The molecule has 5 nitrogen and oxygen atoms in total. The Morgan fingerprint density at radius 2 is 1.96 bits per heavy atom. The van der Waals surface area contributed by atoms with Crippen molar-refractivity contribution in [1.82, 2.24) is 0 Å². The number of carbonyl (C=O) groups is 1. The third kappa shape index (κ3) is 3.55. The summed E-state index contributed by atoms with van der Waals surface area (Å²) in [5.74, 6) is -1.14. The van der Waals surface area contributed by atoms with E-state index in [9.17, 15) is 20.1 Å².